The number of hydrogen-bond donors (Lipinski definition) is 0. The first kappa shape index (κ1) is 60.2. The van der Waals surface area contributed by atoms with E-state index < -0.39 is 0 Å². The van der Waals surface area contributed by atoms with Gasteiger partial charge in [-0.1, -0.05) is 205 Å². The van der Waals surface area contributed by atoms with E-state index in [1.807, 2.05) is 40.9 Å². The van der Waals surface area contributed by atoms with Crippen LogP contribution >= 0.6 is 22.7 Å². The Hall–Kier alpha value is -10.0. The van der Waals surface area contributed by atoms with Crippen molar-refractivity contribution in [3.8, 4) is 62.7 Å². The minimum absolute atomic E-state index is 0.157. The third-order valence-corrected chi connectivity index (χ3v) is 21.2. The summed E-state index contributed by atoms with van der Waals surface area (Å²) in [6.07, 6.45) is 7.32. The predicted molar refractivity (Wildman–Crippen MR) is 404 cm³/mol. The molecule has 10 aromatic carbocycles. The van der Waals surface area contributed by atoms with E-state index in [1.165, 1.54) is 84.1 Å². The van der Waals surface area contributed by atoms with E-state index in [2.05, 4.69) is 299 Å². The number of nitrogens with zero attached hydrogens (tertiary/aromatic N) is 6. The second kappa shape index (κ2) is 22.3. The number of fused-ring (bicyclic) bond motifs is 14. The van der Waals surface area contributed by atoms with E-state index >= 15 is 0 Å². The maximum absolute atomic E-state index is 10.7. The largest absolute Gasteiger partial charge is 0.309 e. The standard InChI is InChI=1S/C86H74N6S2/c1-14-15-24-52(50-87)41-51-33-37-70(91-68-29-20-16-27-64(68)76-72(91)39-35-62-60-25-18-22-31-74(60)93-78(62)76)66(42-51)67-47-53(34-38-71(67)92-69-30-21-17-28-65(69)77-73(92)40-36-63-61-26-19-23-32-75(61)94-79(63)77)80-88-81(54-43-56(83(2,3)4)48-57(44-54)84(5,6)7)90-82(89-80)55-45-58(85(8,9)10)49-59(46-55)86(11,12)13/h14-49H,1H2,2-13H3/b24-15-,52-41+. The second-order valence-corrected chi connectivity index (χ2v) is 31.4. The lowest BCUT2D eigenvalue weighted by molar-refractivity contribution is 0.568. The summed E-state index contributed by atoms with van der Waals surface area (Å²) < 4.78 is 9.98. The minimum Gasteiger partial charge on any atom is -0.309 e. The Balaban J connectivity index is 1.09. The topological polar surface area (TPSA) is 72.3 Å². The van der Waals surface area contributed by atoms with Gasteiger partial charge in [0.1, 0.15) is 0 Å². The average molecular weight is 1260 g/mol. The van der Waals surface area contributed by atoms with Crippen molar-refractivity contribution in [2.75, 3.05) is 0 Å². The van der Waals surface area contributed by atoms with Gasteiger partial charge in [0.05, 0.1) is 45.1 Å². The van der Waals surface area contributed by atoms with Gasteiger partial charge in [-0.15, -0.1) is 22.7 Å². The van der Waals surface area contributed by atoms with Gasteiger partial charge >= 0.3 is 0 Å². The Morgan fingerprint density at radius 1 is 0.415 bits per heavy atom. The van der Waals surface area contributed by atoms with Gasteiger partial charge < -0.3 is 9.13 Å². The SMILES string of the molecule is C=C/C=C\C(C#N)=C/c1ccc(-n2c3ccccc3c3c4sc5ccccc5c4ccc32)c(-c2cc(-c3nc(-c4cc(C(C)(C)C)cc(C(C)(C)C)c4)nc(-c4cc(C(C)(C)C)cc(C(C)(C)C)c4)n3)ccc2-n2c3ccccc3c3c4sc5ccccc5c4ccc32)c1. The lowest BCUT2D eigenvalue weighted by Gasteiger charge is -2.26. The lowest BCUT2D eigenvalue weighted by Crippen LogP contribution is -2.17. The first-order chi connectivity index (χ1) is 45.0. The molecule has 0 saturated carbocycles. The normalized spacial score (nSPS) is 12.9. The number of hydrogen-bond acceptors (Lipinski definition) is 6. The molecule has 0 saturated heterocycles. The number of allylic oxidation sites excluding steroid dienone is 4. The highest BCUT2D eigenvalue weighted by Gasteiger charge is 2.29. The Bertz CT molecular complexity index is 5600. The molecule has 94 heavy (non-hydrogen) atoms. The van der Waals surface area contributed by atoms with Gasteiger partial charge in [-0.25, -0.2) is 15.0 Å². The molecule has 0 aliphatic heterocycles. The van der Waals surface area contributed by atoms with Gasteiger partial charge in [0, 0.05) is 89.7 Å². The maximum Gasteiger partial charge on any atom is 0.164 e. The molecule has 15 rings (SSSR count). The predicted octanol–water partition coefficient (Wildman–Crippen LogP) is 24.3. The van der Waals surface area contributed by atoms with E-state index in [1.54, 1.807) is 6.08 Å². The zero-order chi connectivity index (χ0) is 65.3. The van der Waals surface area contributed by atoms with Crippen molar-refractivity contribution in [1.29, 1.82) is 5.26 Å². The highest BCUT2D eigenvalue weighted by Crippen LogP contribution is 2.49. The average Bonchev–Trinajstić information content (AvgIpc) is 1.55. The van der Waals surface area contributed by atoms with Crippen LogP contribution in [0.25, 0.3) is 147 Å². The van der Waals surface area contributed by atoms with Crippen LogP contribution in [0, 0.1) is 11.3 Å². The monoisotopic (exact) mass is 1250 g/mol. The van der Waals surface area contributed by atoms with E-state index in [0.717, 1.165) is 66.8 Å². The zero-order valence-corrected chi connectivity index (χ0v) is 57.1. The Morgan fingerprint density at radius 2 is 0.819 bits per heavy atom. The molecule has 460 valence electrons. The zero-order valence-electron chi connectivity index (χ0n) is 55.5. The van der Waals surface area contributed by atoms with Gasteiger partial charge in [0.2, 0.25) is 0 Å². The molecule has 0 N–H and O–H groups in total. The maximum atomic E-state index is 10.7. The number of aromatic nitrogens is 5. The number of para-hydroxylation sites is 2. The van der Waals surface area contributed by atoms with Crippen LogP contribution in [-0.4, -0.2) is 24.1 Å². The van der Waals surface area contributed by atoms with Crippen molar-refractivity contribution in [3.63, 3.8) is 0 Å². The van der Waals surface area contributed by atoms with Crippen LogP contribution < -0.4 is 0 Å². The fraction of sp³-hybridized carbons (Fsp3) is 0.186. The molecule has 0 amide bonds. The highest BCUT2D eigenvalue weighted by molar-refractivity contribution is 7.27. The van der Waals surface area contributed by atoms with Gasteiger partial charge in [0.15, 0.2) is 17.5 Å². The van der Waals surface area contributed by atoms with E-state index in [-0.39, 0.29) is 21.7 Å². The molecule has 0 bridgehead atoms. The molecule has 5 aromatic heterocycles. The summed E-state index contributed by atoms with van der Waals surface area (Å²) in [5.41, 5.74) is 16.6. The summed E-state index contributed by atoms with van der Waals surface area (Å²) in [7, 11) is 0. The van der Waals surface area contributed by atoms with Crippen LogP contribution in [0.3, 0.4) is 0 Å². The van der Waals surface area contributed by atoms with Crippen LogP contribution in [0.5, 0.6) is 0 Å². The van der Waals surface area contributed by atoms with Crippen LogP contribution in [0.15, 0.2) is 225 Å². The molecule has 5 heterocycles. The van der Waals surface area contributed by atoms with E-state index in [4.69, 9.17) is 15.0 Å². The molecular weight excluding hydrogens is 1180 g/mol. The van der Waals surface area contributed by atoms with Crippen LogP contribution in [-0.2, 0) is 21.7 Å². The fourth-order valence-corrected chi connectivity index (χ4v) is 16.1. The molecule has 0 aliphatic rings. The van der Waals surface area contributed by atoms with Crippen molar-refractivity contribution >= 4 is 113 Å². The summed E-state index contributed by atoms with van der Waals surface area (Å²) in [4.78, 5) is 16.9. The van der Waals surface area contributed by atoms with Crippen molar-refractivity contribution in [1.82, 2.24) is 24.1 Å². The Labute approximate surface area is 558 Å². The molecular formula is C86H74N6S2. The van der Waals surface area contributed by atoms with E-state index in [9.17, 15) is 5.26 Å². The molecule has 0 atom stereocenters. The third kappa shape index (κ3) is 10.3. The summed E-state index contributed by atoms with van der Waals surface area (Å²) in [6.45, 7) is 31.3. The lowest BCUT2D eigenvalue weighted by atomic mass is 9.79. The van der Waals surface area contributed by atoms with Gasteiger partial charge in [-0.05, 0) is 153 Å². The summed E-state index contributed by atoms with van der Waals surface area (Å²) in [6, 6.07) is 74.4. The minimum atomic E-state index is -0.157. The molecule has 0 spiro atoms. The van der Waals surface area contributed by atoms with E-state index in [0.29, 0.717) is 23.0 Å². The smallest absolute Gasteiger partial charge is 0.164 e. The quantitative estimate of drug-likeness (QED) is 0.107. The fourth-order valence-electron chi connectivity index (χ4n) is 13.6. The van der Waals surface area contributed by atoms with Crippen LogP contribution in [0.2, 0.25) is 0 Å². The molecule has 15 aromatic rings. The van der Waals surface area contributed by atoms with Gasteiger partial charge in [0.25, 0.3) is 0 Å². The Morgan fingerprint density at radius 3 is 1.26 bits per heavy atom. The first-order valence-electron chi connectivity index (χ1n) is 32.5. The second-order valence-electron chi connectivity index (χ2n) is 29.3. The number of rotatable bonds is 9. The molecule has 0 radical (unpaired) electrons. The number of benzene rings is 10. The highest BCUT2D eigenvalue weighted by atomic mass is 32.1. The van der Waals surface area contributed by atoms with Crippen molar-refractivity contribution in [2.24, 2.45) is 0 Å². The number of thiophene rings is 2. The van der Waals surface area contributed by atoms with Crippen LogP contribution in [0.4, 0.5) is 0 Å². The summed E-state index contributed by atoms with van der Waals surface area (Å²) >= 11 is 3.72. The van der Waals surface area contributed by atoms with Gasteiger partial charge in [-0.3, -0.25) is 0 Å². The van der Waals surface area contributed by atoms with Crippen molar-refractivity contribution in [2.45, 2.75) is 105 Å². The number of nitriles is 1. The summed E-state index contributed by atoms with van der Waals surface area (Å²) in [5.74, 6) is 1.78. The molecule has 8 heteroatoms. The van der Waals surface area contributed by atoms with Crippen molar-refractivity contribution in [3.05, 3.63) is 252 Å². The molecule has 6 nitrogen and oxygen atoms in total. The van der Waals surface area contributed by atoms with Crippen LogP contribution in [0.1, 0.15) is 111 Å². The Kier molecular flexibility index (Phi) is 14.3. The third-order valence-electron chi connectivity index (χ3n) is 18.8. The molecule has 0 fully saturated rings. The molecule has 0 aliphatic carbocycles. The van der Waals surface area contributed by atoms with Gasteiger partial charge in [-0.2, -0.15) is 5.26 Å². The molecule has 0 unspecified atom stereocenters. The van der Waals surface area contributed by atoms with Crippen molar-refractivity contribution < 1.29 is 0 Å². The summed E-state index contributed by atoms with van der Waals surface area (Å²) in [5, 5.41) is 20.5. The first-order valence-corrected chi connectivity index (χ1v) is 34.1.